The van der Waals surface area contributed by atoms with Crippen LogP contribution in [0.5, 0.6) is 0 Å². The molecule has 0 saturated heterocycles. The van der Waals surface area contributed by atoms with Crippen molar-refractivity contribution in [3.8, 4) is 0 Å². The predicted octanol–water partition coefficient (Wildman–Crippen LogP) is 1.65. The first-order valence-corrected chi connectivity index (χ1v) is 5.19. The van der Waals surface area contributed by atoms with Gasteiger partial charge in [-0.3, -0.25) is 4.79 Å². The maximum atomic E-state index is 11.4. The molecule has 3 nitrogen and oxygen atoms in total. The van der Waals surface area contributed by atoms with Gasteiger partial charge in [-0.25, -0.2) is 0 Å². The summed E-state index contributed by atoms with van der Waals surface area (Å²) in [7, 11) is 0. The van der Waals surface area contributed by atoms with Crippen LogP contribution in [0.4, 0.5) is 0 Å². The number of carbonyl (C=O) groups is 1. The molecule has 2 rings (SSSR count). The highest BCUT2D eigenvalue weighted by atomic mass is 16.4. The molecule has 0 aromatic heterocycles. The monoisotopic (exact) mass is 198 g/mol. The van der Waals surface area contributed by atoms with Gasteiger partial charge in [0.15, 0.2) is 0 Å². The van der Waals surface area contributed by atoms with Crippen LogP contribution in [0, 0.1) is 16.2 Å². The minimum absolute atomic E-state index is 0.217. The van der Waals surface area contributed by atoms with Crippen LogP contribution in [0.15, 0.2) is 0 Å². The van der Waals surface area contributed by atoms with E-state index in [-0.39, 0.29) is 10.8 Å². The molecule has 2 aliphatic rings. The van der Waals surface area contributed by atoms with Gasteiger partial charge in [0.25, 0.3) is 0 Å². The molecular weight excluding hydrogens is 180 g/mol. The Morgan fingerprint density at radius 3 is 2.07 bits per heavy atom. The fourth-order valence-electron chi connectivity index (χ4n) is 3.60. The zero-order valence-electron chi connectivity index (χ0n) is 9.00. The third-order valence-corrected chi connectivity index (χ3v) is 5.38. The van der Waals surface area contributed by atoms with Gasteiger partial charge < -0.3 is 10.2 Å². The first-order chi connectivity index (χ1) is 6.28. The lowest BCUT2D eigenvalue weighted by molar-refractivity contribution is -0.154. The summed E-state index contributed by atoms with van der Waals surface area (Å²) in [4.78, 5) is 11.4. The number of rotatable bonds is 1. The fourth-order valence-corrected chi connectivity index (χ4v) is 3.60. The lowest BCUT2D eigenvalue weighted by Gasteiger charge is -2.38. The smallest absolute Gasteiger partial charge is 0.310 e. The third-order valence-electron chi connectivity index (χ3n) is 5.38. The lowest BCUT2D eigenvalue weighted by Crippen LogP contribution is -2.40. The molecule has 0 aromatic rings. The van der Waals surface area contributed by atoms with Gasteiger partial charge in [0.2, 0.25) is 0 Å². The fraction of sp³-hybridized carbons (Fsp3) is 0.909. The zero-order chi connectivity index (χ0) is 10.8. The Balaban J connectivity index is 2.54. The highest BCUT2D eigenvalue weighted by molar-refractivity contribution is 5.77. The molecule has 0 amide bonds. The van der Waals surface area contributed by atoms with E-state index in [0.29, 0.717) is 12.8 Å². The Bertz CT molecular complexity index is 297. The zero-order valence-corrected chi connectivity index (χ0v) is 9.00. The van der Waals surface area contributed by atoms with E-state index in [9.17, 15) is 15.0 Å². The summed E-state index contributed by atoms with van der Waals surface area (Å²) in [6, 6.07) is 0. The second-order valence-corrected chi connectivity index (χ2v) is 5.65. The summed E-state index contributed by atoms with van der Waals surface area (Å²) in [5.74, 6) is -0.734. The van der Waals surface area contributed by atoms with E-state index in [1.165, 1.54) is 0 Å². The first kappa shape index (κ1) is 9.97. The Hall–Kier alpha value is -0.570. The lowest BCUT2D eigenvalue weighted by atomic mass is 9.65. The van der Waals surface area contributed by atoms with E-state index in [4.69, 9.17) is 0 Å². The summed E-state index contributed by atoms with van der Waals surface area (Å²) in [6.45, 7) is 6.00. The Morgan fingerprint density at radius 1 is 1.29 bits per heavy atom. The molecule has 2 aliphatic carbocycles. The molecule has 2 fully saturated rings. The van der Waals surface area contributed by atoms with Crippen molar-refractivity contribution in [2.75, 3.05) is 0 Å². The predicted molar refractivity (Wildman–Crippen MR) is 51.8 cm³/mol. The quantitative estimate of drug-likeness (QED) is 0.673. The second-order valence-electron chi connectivity index (χ2n) is 5.65. The van der Waals surface area contributed by atoms with Crippen molar-refractivity contribution in [3.05, 3.63) is 0 Å². The Kier molecular flexibility index (Phi) is 1.65. The summed E-state index contributed by atoms with van der Waals surface area (Å²) in [5, 5.41) is 19.3. The van der Waals surface area contributed by atoms with Gasteiger partial charge in [-0.05, 0) is 30.1 Å². The molecule has 80 valence electrons. The minimum Gasteiger partial charge on any atom is -0.481 e. The Morgan fingerprint density at radius 2 is 1.86 bits per heavy atom. The van der Waals surface area contributed by atoms with E-state index in [0.717, 1.165) is 6.42 Å². The molecule has 0 aliphatic heterocycles. The van der Waals surface area contributed by atoms with Crippen LogP contribution in [0.1, 0.15) is 40.0 Å². The largest absolute Gasteiger partial charge is 0.481 e. The number of fused-ring (bicyclic) bond motifs is 2. The normalized spacial score (nSPS) is 49.6. The number of hydrogen-bond donors (Lipinski definition) is 2. The van der Waals surface area contributed by atoms with Crippen molar-refractivity contribution in [3.63, 3.8) is 0 Å². The van der Waals surface area contributed by atoms with Gasteiger partial charge in [-0.2, -0.15) is 0 Å². The molecule has 3 atom stereocenters. The average molecular weight is 198 g/mol. The van der Waals surface area contributed by atoms with E-state index < -0.39 is 17.5 Å². The van der Waals surface area contributed by atoms with Crippen LogP contribution < -0.4 is 0 Å². The number of aliphatic hydroxyl groups is 1. The molecule has 2 N–H and O–H groups in total. The standard InChI is InChI=1S/C11H18O3/c1-9(2)10(3)4-5-11(9,8(13)14)6-7(10)12/h7,12H,4-6H2,1-3H3,(H,13,14)/t7?,10-,11+/m1/s1. The number of aliphatic carboxylic acids is 1. The minimum atomic E-state index is -0.734. The summed E-state index contributed by atoms with van der Waals surface area (Å²) >= 11 is 0. The molecule has 2 bridgehead atoms. The van der Waals surface area contributed by atoms with Crippen LogP contribution in [-0.2, 0) is 4.79 Å². The summed E-state index contributed by atoms with van der Waals surface area (Å²) in [5.41, 5.74) is -1.21. The molecule has 0 aromatic carbocycles. The van der Waals surface area contributed by atoms with Gasteiger partial charge in [0.1, 0.15) is 0 Å². The molecule has 0 heterocycles. The summed E-state index contributed by atoms with van der Waals surface area (Å²) < 4.78 is 0. The molecule has 14 heavy (non-hydrogen) atoms. The van der Waals surface area contributed by atoms with Crippen molar-refractivity contribution in [2.24, 2.45) is 16.2 Å². The van der Waals surface area contributed by atoms with Crippen LogP contribution >= 0.6 is 0 Å². The van der Waals surface area contributed by atoms with E-state index in [1.807, 2.05) is 20.8 Å². The Labute approximate surface area is 84.1 Å². The van der Waals surface area contributed by atoms with Gasteiger partial charge in [0.05, 0.1) is 11.5 Å². The maximum Gasteiger partial charge on any atom is 0.310 e. The molecular formula is C11H18O3. The SMILES string of the molecule is CC1(C)[C@@]2(C(=O)O)CC[C@]1(C)C(O)C2. The first-order valence-electron chi connectivity index (χ1n) is 5.19. The number of aliphatic hydroxyl groups excluding tert-OH is 1. The maximum absolute atomic E-state index is 11.4. The van der Waals surface area contributed by atoms with Crippen molar-refractivity contribution in [2.45, 2.75) is 46.1 Å². The van der Waals surface area contributed by atoms with Crippen LogP contribution in [0.25, 0.3) is 0 Å². The molecule has 1 unspecified atom stereocenters. The van der Waals surface area contributed by atoms with E-state index in [2.05, 4.69) is 0 Å². The number of carboxylic acids is 1. The van der Waals surface area contributed by atoms with Crippen LogP contribution in [0.2, 0.25) is 0 Å². The third kappa shape index (κ3) is 0.724. The van der Waals surface area contributed by atoms with Gasteiger partial charge >= 0.3 is 5.97 Å². The average Bonchev–Trinajstić information content (AvgIpc) is 2.34. The van der Waals surface area contributed by atoms with E-state index in [1.54, 1.807) is 0 Å². The molecule has 2 saturated carbocycles. The van der Waals surface area contributed by atoms with Crippen molar-refractivity contribution >= 4 is 5.97 Å². The summed E-state index contributed by atoms with van der Waals surface area (Å²) in [6.07, 6.45) is 1.50. The molecule has 0 radical (unpaired) electrons. The van der Waals surface area contributed by atoms with Crippen molar-refractivity contribution in [1.82, 2.24) is 0 Å². The van der Waals surface area contributed by atoms with Crippen LogP contribution in [0.3, 0.4) is 0 Å². The van der Waals surface area contributed by atoms with Gasteiger partial charge in [0, 0.05) is 0 Å². The molecule has 0 spiro atoms. The topological polar surface area (TPSA) is 57.5 Å². The van der Waals surface area contributed by atoms with Crippen LogP contribution in [-0.4, -0.2) is 22.3 Å². The van der Waals surface area contributed by atoms with Crippen molar-refractivity contribution in [1.29, 1.82) is 0 Å². The number of carboxylic acid groups (broad SMARTS) is 1. The van der Waals surface area contributed by atoms with E-state index >= 15 is 0 Å². The van der Waals surface area contributed by atoms with Gasteiger partial charge in [-0.1, -0.05) is 20.8 Å². The number of hydrogen-bond acceptors (Lipinski definition) is 2. The van der Waals surface area contributed by atoms with Gasteiger partial charge in [-0.15, -0.1) is 0 Å². The highest BCUT2D eigenvalue weighted by Gasteiger charge is 2.72. The van der Waals surface area contributed by atoms with Crippen molar-refractivity contribution < 1.29 is 15.0 Å². The highest BCUT2D eigenvalue weighted by Crippen LogP contribution is 2.72. The molecule has 3 heteroatoms. The second kappa shape index (κ2) is 2.32.